The maximum atomic E-state index is 13.0. The van der Waals surface area contributed by atoms with Crippen molar-refractivity contribution in [1.29, 1.82) is 0 Å². The Bertz CT molecular complexity index is 1050. The van der Waals surface area contributed by atoms with Crippen LogP contribution in [-0.4, -0.2) is 48.6 Å². The van der Waals surface area contributed by atoms with Crippen LogP contribution in [0.25, 0.3) is 5.78 Å². The molecule has 2 aromatic heterocycles. The zero-order valence-electron chi connectivity index (χ0n) is 14.6. The summed E-state index contributed by atoms with van der Waals surface area (Å²) < 4.78 is 40.2. The fraction of sp³-hybridized carbons (Fsp3) is 0.333. The normalized spacial score (nSPS) is 14.4. The lowest BCUT2D eigenvalue weighted by molar-refractivity contribution is -0.137. The number of halogens is 3. The number of benzene rings is 1. The van der Waals surface area contributed by atoms with Gasteiger partial charge in [0.1, 0.15) is 0 Å². The maximum absolute atomic E-state index is 13.0. The van der Waals surface area contributed by atoms with Crippen LogP contribution in [0.4, 0.5) is 13.2 Å². The maximum Gasteiger partial charge on any atom is 0.416 e. The van der Waals surface area contributed by atoms with Gasteiger partial charge in [0.15, 0.2) is 0 Å². The molecule has 0 bridgehead atoms. The van der Waals surface area contributed by atoms with Crippen molar-refractivity contribution in [3.63, 3.8) is 0 Å². The molecule has 3 aromatic rings. The van der Waals surface area contributed by atoms with Crippen molar-refractivity contribution in [2.45, 2.75) is 25.6 Å². The third-order valence-corrected chi connectivity index (χ3v) is 4.67. The first kappa shape index (κ1) is 18.4. The molecule has 4 rings (SSSR count). The highest BCUT2D eigenvalue weighted by molar-refractivity contribution is 5.91. The fourth-order valence-electron chi connectivity index (χ4n) is 3.22. The molecular formula is C18H16F3N5O2. The number of aliphatic hydroxyl groups excluding tert-OH is 1. The molecule has 146 valence electrons. The van der Waals surface area contributed by atoms with Gasteiger partial charge in [0.2, 0.25) is 5.82 Å². The van der Waals surface area contributed by atoms with Crippen molar-refractivity contribution in [3.05, 3.63) is 58.7 Å². The summed E-state index contributed by atoms with van der Waals surface area (Å²) in [6.45, 7) is 0.396. The number of hydrogen-bond donors (Lipinski definition) is 1. The molecular weight excluding hydrogens is 375 g/mol. The predicted octanol–water partition coefficient (Wildman–Crippen LogP) is 1.88. The first-order chi connectivity index (χ1) is 13.3. The molecule has 0 saturated carbocycles. The molecule has 1 aliphatic heterocycles. The summed E-state index contributed by atoms with van der Waals surface area (Å²) in [5.74, 6) is -0.289. The van der Waals surface area contributed by atoms with Gasteiger partial charge >= 0.3 is 6.18 Å². The van der Waals surface area contributed by atoms with Crippen LogP contribution in [0.1, 0.15) is 32.9 Å². The van der Waals surface area contributed by atoms with E-state index in [4.69, 9.17) is 5.11 Å². The smallest absolute Gasteiger partial charge is 0.396 e. The van der Waals surface area contributed by atoms with Crippen LogP contribution in [0.5, 0.6) is 0 Å². The lowest BCUT2D eigenvalue weighted by atomic mass is 9.97. The van der Waals surface area contributed by atoms with E-state index in [9.17, 15) is 18.0 Å². The molecule has 0 atom stereocenters. The largest absolute Gasteiger partial charge is 0.416 e. The molecule has 10 heteroatoms. The Balaban J connectivity index is 1.58. The second-order valence-electron chi connectivity index (χ2n) is 6.57. The third kappa shape index (κ3) is 3.42. The van der Waals surface area contributed by atoms with E-state index >= 15 is 0 Å². The van der Waals surface area contributed by atoms with Gasteiger partial charge in [0, 0.05) is 32.1 Å². The minimum absolute atomic E-state index is 0.0409. The quantitative estimate of drug-likeness (QED) is 0.737. The summed E-state index contributed by atoms with van der Waals surface area (Å²) in [5, 5.41) is 13.1. The van der Waals surface area contributed by atoms with E-state index in [1.54, 1.807) is 12.4 Å². The molecule has 0 aliphatic carbocycles. The summed E-state index contributed by atoms with van der Waals surface area (Å²) in [7, 11) is 0. The number of aliphatic hydroxyl groups is 1. The zero-order chi connectivity index (χ0) is 19.9. The molecule has 0 radical (unpaired) electrons. The highest BCUT2D eigenvalue weighted by Gasteiger charge is 2.32. The second-order valence-corrected chi connectivity index (χ2v) is 6.57. The first-order valence-corrected chi connectivity index (χ1v) is 8.65. The topological polar surface area (TPSA) is 83.6 Å². The van der Waals surface area contributed by atoms with E-state index in [0.29, 0.717) is 24.9 Å². The van der Waals surface area contributed by atoms with Crippen LogP contribution in [0, 0.1) is 0 Å². The van der Waals surface area contributed by atoms with Crippen LogP contribution in [0.15, 0.2) is 30.6 Å². The SMILES string of the molecule is O=C(c1nc2ncc(CCO)cn2n1)N1CCc2ccc(C(F)(F)F)cc2C1. The molecule has 1 aromatic carbocycles. The Morgan fingerprint density at radius 2 is 2.07 bits per heavy atom. The van der Waals surface area contributed by atoms with Crippen LogP contribution in [0.2, 0.25) is 0 Å². The van der Waals surface area contributed by atoms with E-state index in [0.717, 1.165) is 23.3 Å². The summed E-state index contributed by atoms with van der Waals surface area (Å²) in [5.41, 5.74) is 1.29. The molecule has 0 spiro atoms. The first-order valence-electron chi connectivity index (χ1n) is 8.65. The van der Waals surface area contributed by atoms with Crippen LogP contribution in [-0.2, 0) is 25.6 Å². The van der Waals surface area contributed by atoms with Gasteiger partial charge in [-0.3, -0.25) is 4.79 Å². The average Bonchev–Trinajstić information content (AvgIpc) is 3.09. The van der Waals surface area contributed by atoms with Gasteiger partial charge in [-0.15, -0.1) is 5.10 Å². The van der Waals surface area contributed by atoms with Crippen LogP contribution >= 0.6 is 0 Å². The lowest BCUT2D eigenvalue weighted by Gasteiger charge is -2.28. The molecule has 3 heterocycles. The van der Waals surface area contributed by atoms with Crippen molar-refractivity contribution in [3.8, 4) is 0 Å². The summed E-state index contributed by atoms with van der Waals surface area (Å²) in [6.07, 6.45) is -0.391. The number of nitrogens with zero attached hydrogens (tertiary/aromatic N) is 5. The highest BCUT2D eigenvalue weighted by Crippen LogP contribution is 2.32. The Labute approximate surface area is 157 Å². The zero-order valence-corrected chi connectivity index (χ0v) is 14.6. The van der Waals surface area contributed by atoms with Crippen LogP contribution < -0.4 is 0 Å². The molecule has 0 saturated heterocycles. The number of fused-ring (bicyclic) bond motifs is 2. The minimum atomic E-state index is -4.43. The van der Waals surface area contributed by atoms with E-state index in [2.05, 4.69) is 15.1 Å². The standard InChI is InChI=1S/C18H16F3N5O2/c19-18(20,21)14-2-1-12-3-5-25(10-13(12)7-14)16(28)15-23-17-22-8-11(4-6-27)9-26(17)24-15/h1-2,7-9,27H,3-6,10H2. The van der Waals surface area contributed by atoms with Gasteiger partial charge in [0.05, 0.1) is 5.56 Å². The van der Waals surface area contributed by atoms with Crippen molar-refractivity contribution in [2.24, 2.45) is 0 Å². The third-order valence-electron chi connectivity index (χ3n) is 4.67. The number of carbonyl (C=O) groups is 1. The van der Waals surface area contributed by atoms with Crippen molar-refractivity contribution < 1.29 is 23.1 Å². The van der Waals surface area contributed by atoms with E-state index in [-0.39, 0.29) is 24.8 Å². The molecule has 28 heavy (non-hydrogen) atoms. The summed E-state index contributed by atoms with van der Waals surface area (Å²) >= 11 is 0. The molecule has 0 unspecified atom stereocenters. The number of amides is 1. The molecule has 0 fully saturated rings. The molecule has 7 nitrogen and oxygen atoms in total. The van der Waals surface area contributed by atoms with Crippen molar-refractivity contribution in [2.75, 3.05) is 13.2 Å². The number of carbonyl (C=O) groups excluding carboxylic acids is 1. The molecule has 1 amide bonds. The Hall–Kier alpha value is -3.01. The van der Waals surface area contributed by atoms with E-state index < -0.39 is 17.6 Å². The van der Waals surface area contributed by atoms with Gasteiger partial charge < -0.3 is 10.0 Å². The van der Waals surface area contributed by atoms with Gasteiger partial charge in [-0.1, -0.05) is 6.07 Å². The van der Waals surface area contributed by atoms with Gasteiger partial charge in [-0.2, -0.15) is 18.2 Å². The summed E-state index contributed by atoms with van der Waals surface area (Å²) in [6, 6.07) is 3.62. The minimum Gasteiger partial charge on any atom is -0.396 e. The Kier molecular flexibility index (Phi) is 4.50. The van der Waals surface area contributed by atoms with E-state index in [1.165, 1.54) is 15.5 Å². The predicted molar refractivity (Wildman–Crippen MR) is 91.5 cm³/mol. The van der Waals surface area contributed by atoms with Gasteiger partial charge in [0.25, 0.3) is 11.7 Å². The number of rotatable bonds is 3. The number of hydrogen-bond acceptors (Lipinski definition) is 5. The Morgan fingerprint density at radius 1 is 1.25 bits per heavy atom. The average molecular weight is 391 g/mol. The van der Waals surface area contributed by atoms with Crippen molar-refractivity contribution in [1.82, 2.24) is 24.5 Å². The number of aromatic nitrogens is 4. The van der Waals surface area contributed by atoms with E-state index in [1.807, 2.05) is 0 Å². The second kappa shape index (κ2) is 6.86. The number of alkyl halides is 3. The highest BCUT2D eigenvalue weighted by atomic mass is 19.4. The monoisotopic (exact) mass is 391 g/mol. The summed E-state index contributed by atoms with van der Waals surface area (Å²) in [4.78, 5) is 22.4. The lowest BCUT2D eigenvalue weighted by Crippen LogP contribution is -2.36. The van der Waals surface area contributed by atoms with Crippen LogP contribution in [0.3, 0.4) is 0 Å². The van der Waals surface area contributed by atoms with Gasteiger partial charge in [-0.05, 0) is 41.7 Å². The molecule has 1 N–H and O–H groups in total. The van der Waals surface area contributed by atoms with Crippen molar-refractivity contribution >= 4 is 11.7 Å². The fourth-order valence-corrected chi connectivity index (χ4v) is 3.22. The molecule has 1 aliphatic rings. The van der Waals surface area contributed by atoms with Gasteiger partial charge in [-0.25, -0.2) is 9.50 Å². The Morgan fingerprint density at radius 3 is 2.82 bits per heavy atom.